The maximum atomic E-state index is 11.3. The topological polar surface area (TPSA) is 57.6 Å². The summed E-state index contributed by atoms with van der Waals surface area (Å²) in [5.74, 6) is 0.260. The Morgan fingerprint density at radius 1 is 1.35 bits per heavy atom. The molecule has 1 aliphatic rings. The van der Waals surface area contributed by atoms with Crippen molar-refractivity contribution in [1.82, 2.24) is 0 Å². The molecule has 0 spiro atoms. The van der Waals surface area contributed by atoms with Gasteiger partial charge < -0.3 is 10.0 Å². The van der Waals surface area contributed by atoms with Gasteiger partial charge in [0.05, 0.1) is 11.3 Å². The van der Waals surface area contributed by atoms with E-state index in [1.165, 1.54) is 0 Å². The molecule has 0 amide bonds. The van der Waals surface area contributed by atoms with E-state index < -0.39 is 16.8 Å². The second-order valence-corrected chi connectivity index (χ2v) is 6.32. The molecule has 2 rings (SSSR count). The van der Waals surface area contributed by atoms with E-state index in [9.17, 15) is 14.1 Å². The maximum Gasteiger partial charge on any atom is 0.338 e. The van der Waals surface area contributed by atoms with Gasteiger partial charge in [-0.25, -0.2) is 4.79 Å². The number of carbonyl (C=O) groups is 1. The first-order valence-electron chi connectivity index (χ1n) is 5.21. The monoisotopic (exact) mass is 317 g/mol. The zero-order chi connectivity index (χ0) is 12.4. The van der Waals surface area contributed by atoms with Gasteiger partial charge in [-0.05, 0) is 28.1 Å². The van der Waals surface area contributed by atoms with E-state index in [2.05, 4.69) is 15.9 Å². The SMILES string of the molecule is O=C(O)c1c(Br)cccc1N1CCS(=O)CC1. The Balaban J connectivity index is 2.35. The lowest BCUT2D eigenvalue weighted by atomic mass is 10.1. The average molecular weight is 318 g/mol. The van der Waals surface area contributed by atoms with Gasteiger partial charge in [-0.3, -0.25) is 4.21 Å². The van der Waals surface area contributed by atoms with E-state index >= 15 is 0 Å². The van der Waals surface area contributed by atoms with E-state index in [-0.39, 0.29) is 5.56 Å². The molecule has 17 heavy (non-hydrogen) atoms. The van der Waals surface area contributed by atoms with Crippen LogP contribution < -0.4 is 4.90 Å². The number of nitrogens with zero attached hydrogens (tertiary/aromatic N) is 1. The molecule has 92 valence electrons. The molecule has 0 aliphatic carbocycles. The summed E-state index contributed by atoms with van der Waals surface area (Å²) in [6.45, 7) is 1.28. The molecule has 1 aromatic rings. The molecular formula is C11H12BrNO3S. The van der Waals surface area contributed by atoms with Crippen LogP contribution in [0.3, 0.4) is 0 Å². The van der Waals surface area contributed by atoms with E-state index in [1.807, 2.05) is 11.0 Å². The third-order valence-electron chi connectivity index (χ3n) is 2.72. The Labute approximate surface area is 110 Å². The Morgan fingerprint density at radius 3 is 2.59 bits per heavy atom. The Kier molecular flexibility index (Phi) is 3.83. The van der Waals surface area contributed by atoms with Crippen LogP contribution in [-0.2, 0) is 10.8 Å². The van der Waals surface area contributed by atoms with Gasteiger partial charge in [0.1, 0.15) is 0 Å². The molecule has 0 bridgehead atoms. The van der Waals surface area contributed by atoms with Gasteiger partial charge in [0, 0.05) is 39.9 Å². The van der Waals surface area contributed by atoms with Crippen molar-refractivity contribution in [2.45, 2.75) is 0 Å². The fourth-order valence-electron chi connectivity index (χ4n) is 1.87. The van der Waals surface area contributed by atoms with Gasteiger partial charge in [0.25, 0.3) is 0 Å². The fourth-order valence-corrected chi connectivity index (χ4v) is 3.44. The molecule has 0 atom stereocenters. The quantitative estimate of drug-likeness (QED) is 0.902. The summed E-state index contributed by atoms with van der Waals surface area (Å²) in [7, 11) is -0.758. The summed E-state index contributed by atoms with van der Waals surface area (Å²) in [4.78, 5) is 13.2. The first kappa shape index (κ1) is 12.6. The molecule has 0 aromatic heterocycles. The van der Waals surface area contributed by atoms with E-state index in [0.29, 0.717) is 34.8 Å². The Bertz CT molecular complexity index is 468. The van der Waals surface area contributed by atoms with E-state index in [0.717, 1.165) is 0 Å². The first-order chi connectivity index (χ1) is 8.09. The summed E-state index contributed by atoms with van der Waals surface area (Å²) in [5.41, 5.74) is 0.976. The fraction of sp³-hybridized carbons (Fsp3) is 0.364. The van der Waals surface area contributed by atoms with Crippen molar-refractivity contribution in [2.75, 3.05) is 29.5 Å². The lowest BCUT2D eigenvalue weighted by Gasteiger charge is -2.29. The summed E-state index contributed by atoms with van der Waals surface area (Å²) < 4.78 is 11.9. The molecule has 0 radical (unpaired) electrons. The van der Waals surface area contributed by atoms with Crippen molar-refractivity contribution in [3.05, 3.63) is 28.2 Å². The highest BCUT2D eigenvalue weighted by atomic mass is 79.9. The van der Waals surface area contributed by atoms with Crippen LogP contribution in [0.5, 0.6) is 0 Å². The lowest BCUT2D eigenvalue weighted by molar-refractivity contribution is 0.0696. The molecule has 1 aromatic carbocycles. The van der Waals surface area contributed by atoms with E-state index in [1.54, 1.807) is 12.1 Å². The molecule has 4 nitrogen and oxygen atoms in total. The predicted octanol–water partition coefficient (Wildman–Crippen LogP) is 1.72. The minimum atomic E-state index is -0.945. The zero-order valence-corrected chi connectivity index (χ0v) is 11.5. The predicted molar refractivity (Wildman–Crippen MR) is 71.2 cm³/mol. The van der Waals surface area contributed by atoms with Crippen LogP contribution in [0.1, 0.15) is 10.4 Å². The molecule has 1 heterocycles. The van der Waals surface area contributed by atoms with Gasteiger partial charge in [-0.2, -0.15) is 0 Å². The molecule has 1 saturated heterocycles. The Hall–Kier alpha value is -0.880. The highest BCUT2D eigenvalue weighted by Gasteiger charge is 2.22. The highest BCUT2D eigenvalue weighted by Crippen LogP contribution is 2.28. The first-order valence-corrected chi connectivity index (χ1v) is 7.49. The van der Waals surface area contributed by atoms with Crippen molar-refractivity contribution in [3.8, 4) is 0 Å². The minimum Gasteiger partial charge on any atom is -0.478 e. The van der Waals surface area contributed by atoms with Crippen molar-refractivity contribution in [1.29, 1.82) is 0 Å². The van der Waals surface area contributed by atoms with Crippen LogP contribution in [0.2, 0.25) is 0 Å². The van der Waals surface area contributed by atoms with Gasteiger partial charge in [0.2, 0.25) is 0 Å². The molecule has 1 fully saturated rings. The van der Waals surface area contributed by atoms with E-state index in [4.69, 9.17) is 0 Å². The third-order valence-corrected chi connectivity index (χ3v) is 4.66. The standard InChI is InChI=1S/C11H12BrNO3S/c12-8-2-1-3-9(10(8)11(14)15)13-4-6-17(16)7-5-13/h1-3H,4-7H2,(H,14,15). The third kappa shape index (κ3) is 2.69. The summed E-state index contributed by atoms with van der Waals surface area (Å²) in [5, 5.41) is 9.21. The van der Waals surface area contributed by atoms with Gasteiger partial charge in [-0.15, -0.1) is 0 Å². The van der Waals surface area contributed by atoms with Crippen molar-refractivity contribution < 1.29 is 14.1 Å². The highest BCUT2D eigenvalue weighted by molar-refractivity contribution is 9.10. The number of benzene rings is 1. The molecule has 6 heteroatoms. The molecule has 0 saturated carbocycles. The number of hydrogen-bond acceptors (Lipinski definition) is 3. The van der Waals surface area contributed by atoms with Crippen molar-refractivity contribution in [2.24, 2.45) is 0 Å². The minimum absolute atomic E-state index is 0.278. The number of aromatic carboxylic acids is 1. The Morgan fingerprint density at radius 2 is 2.00 bits per heavy atom. The van der Waals surface area contributed by atoms with Crippen molar-refractivity contribution >= 4 is 38.4 Å². The summed E-state index contributed by atoms with van der Waals surface area (Å²) in [6, 6.07) is 5.33. The second-order valence-electron chi connectivity index (χ2n) is 3.77. The number of carboxylic acid groups (broad SMARTS) is 1. The number of anilines is 1. The molecule has 0 unspecified atom stereocenters. The van der Waals surface area contributed by atoms with Gasteiger partial charge in [-0.1, -0.05) is 6.07 Å². The summed E-state index contributed by atoms with van der Waals surface area (Å²) >= 11 is 3.26. The largest absolute Gasteiger partial charge is 0.478 e. The van der Waals surface area contributed by atoms with Gasteiger partial charge >= 0.3 is 5.97 Å². The summed E-state index contributed by atoms with van der Waals surface area (Å²) in [6.07, 6.45) is 0. The molecule has 1 aliphatic heterocycles. The lowest BCUT2D eigenvalue weighted by Crippen LogP contribution is -2.38. The number of halogens is 1. The zero-order valence-electron chi connectivity index (χ0n) is 9.06. The average Bonchev–Trinajstić information content (AvgIpc) is 2.29. The number of rotatable bonds is 2. The number of carboxylic acids is 1. The van der Waals surface area contributed by atoms with Crippen molar-refractivity contribution in [3.63, 3.8) is 0 Å². The van der Waals surface area contributed by atoms with Crippen LogP contribution in [0.25, 0.3) is 0 Å². The number of hydrogen-bond donors (Lipinski definition) is 1. The second kappa shape index (κ2) is 5.18. The molecular weight excluding hydrogens is 306 g/mol. The van der Waals surface area contributed by atoms with Crippen LogP contribution in [0.4, 0.5) is 5.69 Å². The van der Waals surface area contributed by atoms with Crippen LogP contribution in [0.15, 0.2) is 22.7 Å². The smallest absolute Gasteiger partial charge is 0.338 e. The molecule has 1 N–H and O–H groups in total. The van der Waals surface area contributed by atoms with Crippen LogP contribution >= 0.6 is 15.9 Å². The van der Waals surface area contributed by atoms with Crippen LogP contribution in [0, 0.1) is 0 Å². The normalized spacial score (nSPS) is 17.1. The maximum absolute atomic E-state index is 11.3. The van der Waals surface area contributed by atoms with Crippen LogP contribution in [-0.4, -0.2) is 39.9 Å². The van der Waals surface area contributed by atoms with Gasteiger partial charge in [0.15, 0.2) is 0 Å².